The lowest BCUT2D eigenvalue weighted by Crippen LogP contribution is -2.32. The van der Waals surface area contributed by atoms with E-state index in [4.69, 9.17) is 0 Å². The second-order valence-corrected chi connectivity index (χ2v) is 7.99. The van der Waals surface area contributed by atoms with Crippen LogP contribution in [0.3, 0.4) is 0 Å². The van der Waals surface area contributed by atoms with Crippen LogP contribution < -0.4 is 0 Å². The molecule has 0 aliphatic carbocycles. The highest BCUT2D eigenvalue weighted by Crippen LogP contribution is 2.25. The average Bonchev–Trinajstić information content (AvgIpc) is 3.55. The lowest BCUT2D eigenvalue weighted by molar-refractivity contribution is -0.131. The molecule has 1 aromatic carbocycles. The van der Waals surface area contributed by atoms with Crippen molar-refractivity contribution >= 4 is 5.91 Å². The first-order valence-corrected chi connectivity index (χ1v) is 10.5. The zero-order valence-electron chi connectivity index (χ0n) is 17.7. The van der Waals surface area contributed by atoms with Crippen LogP contribution in [0.2, 0.25) is 0 Å². The van der Waals surface area contributed by atoms with Crippen LogP contribution in [0.5, 0.6) is 0 Å². The third-order valence-electron chi connectivity index (χ3n) is 5.59. The normalized spacial score (nSPS) is 15.9. The van der Waals surface area contributed by atoms with E-state index in [1.165, 1.54) is 0 Å². The van der Waals surface area contributed by atoms with E-state index in [9.17, 15) is 9.90 Å². The molecular weight excluding hydrogens is 406 g/mol. The van der Waals surface area contributed by atoms with Crippen LogP contribution in [0.1, 0.15) is 6.42 Å². The zero-order valence-corrected chi connectivity index (χ0v) is 17.7. The number of amides is 1. The molecule has 4 aromatic rings. The lowest BCUT2D eigenvalue weighted by Gasteiger charge is -2.15. The van der Waals surface area contributed by atoms with Crippen LogP contribution in [-0.2, 0) is 18.4 Å². The molecule has 0 spiro atoms. The van der Waals surface area contributed by atoms with Crippen LogP contribution in [-0.4, -0.2) is 64.6 Å². The van der Waals surface area contributed by atoms with Gasteiger partial charge in [0.15, 0.2) is 5.82 Å². The van der Waals surface area contributed by atoms with Crippen LogP contribution in [0.25, 0.3) is 33.6 Å². The first kappa shape index (κ1) is 20.1. The van der Waals surface area contributed by atoms with Gasteiger partial charge in [-0.25, -0.2) is 9.97 Å². The Morgan fingerprint density at radius 1 is 1.00 bits per heavy atom. The fraction of sp³-hybridized carbons (Fsp3) is 0.261. The summed E-state index contributed by atoms with van der Waals surface area (Å²) in [6, 6.07) is 8.04. The maximum atomic E-state index is 12.4. The molecule has 1 atom stereocenters. The minimum atomic E-state index is -0.423. The van der Waals surface area contributed by atoms with Crippen molar-refractivity contribution in [2.75, 3.05) is 13.1 Å². The number of benzene rings is 1. The summed E-state index contributed by atoms with van der Waals surface area (Å²) < 4.78 is 3.38. The predicted octanol–water partition coefficient (Wildman–Crippen LogP) is 2.00. The van der Waals surface area contributed by atoms with E-state index < -0.39 is 6.10 Å². The van der Waals surface area contributed by atoms with Crippen molar-refractivity contribution in [2.24, 2.45) is 7.05 Å². The van der Waals surface area contributed by atoms with Crippen molar-refractivity contribution in [3.05, 3.63) is 61.4 Å². The van der Waals surface area contributed by atoms with E-state index in [0.717, 1.165) is 27.8 Å². The number of hydrogen-bond donors (Lipinski definition) is 1. The molecule has 32 heavy (non-hydrogen) atoms. The highest BCUT2D eigenvalue weighted by Gasteiger charge is 2.24. The third kappa shape index (κ3) is 4.15. The molecule has 9 nitrogen and oxygen atoms in total. The van der Waals surface area contributed by atoms with Crippen LogP contribution in [0, 0.1) is 0 Å². The van der Waals surface area contributed by atoms with Gasteiger partial charge in [-0.3, -0.25) is 14.2 Å². The van der Waals surface area contributed by atoms with Gasteiger partial charge in [0.1, 0.15) is 6.54 Å². The van der Waals surface area contributed by atoms with Gasteiger partial charge in [0, 0.05) is 67.2 Å². The summed E-state index contributed by atoms with van der Waals surface area (Å²) in [7, 11) is 1.89. The second-order valence-electron chi connectivity index (χ2n) is 7.99. The zero-order chi connectivity index (χ0) is 22.1. The Balaban J connectivity index is 1.30. The van der Waals surface area contributed by atoms with E-state index in [1.54, 1.807) is 32.9 Å². The first-order valence-electron chi connectivity index (χ1n) is 10.5. The summed E-state index contributed by atoms with van der Waals surface area (Å²) in [6.07, 6.45) is 11.0. The molecule has 9 heteroatoms. The van der Waals surface area contributed by atoms with Gasteiger partial charge in [-0.2, -0.15) is 10.2 Å². The number of likely N-dealkylation sites (tertiary alicyclic amines) is 1. The van der Waals surface area contributed by atoms with E-state index in [1.807, 2.05) is 49.9 Å². The van der Waals surface area contributed by atoms with E-state index in [-0.39, 0.29) is 12.5 Å². The van der Waals surface area contributed by atoms with Gasteiger partial charge in [-0.15, -0.1) is 0 Å². The fourth-order valence-corrected chi connectivity index (χ4v) is 3.84. The summed E-state index contributed by atoms with van der Waals surface area (Å²) in [5, 5.41) is 18.1. The molecule has 1 aliphatic rings. The third-order valence-corrected chi connectivity index (χ3v) is 5.59. The maximum Gasteiger partial charge on any atom is 0.244 e. The Morgan fingerprint density at radius 3 is 2.47 bits per heavy atom. The van der Waals surface area contributed by atoms with Gasteiger partial charge in [0.2, 0.25) is 5.91 Å². The summed E-state index contributed by atoms with van der Waals surface area (Å²) >= 11 is 0. The molecule has 3 aromatic heterocycles. The van der Waals surface area contributed by atoms with Gasteiger partial charge in [-0.1, -0.05) is 18.2 Å². The predicted molar refractivity (Wildman–Crippen MR) is 118 cm³/mol. The summed E-state index contributed by atoms with van der Waals surface area (Å²) in [5.74, 6) is 0.589. The number of β-amino-alcohol motifs (C(OH)–C–C–N with tert-alkyl or cyclic N) is 1. The van der Waals surface area contributed by atoms with Crippen LogP contribution in [0.15, 0.2) is 61.4 Å². The number of carbonyl (C=O) groups is 1. The standard InChI is InChI=1S/C23H23N7O2/c1-28-12-19(10-26-28)16-3-2-4-17(7-16)23-24-8-18(9-25-23)20-11-27-30(13-20)15-22(32)29-6-5-21(31)14-29/h2-4,7-13,21,31H,5-6,14-15H2,1H3. The Kier molecular flexibility index (Phi) is 5.24. The first-order chi connectivity index (χ1) is 15.5. The maximum absolute atomic E-state index is 12.4. The molecule has 1 saturated heterocycles. The van der Waals surface area contributed by atoms with Crippen molar-refractivity contribution < 1.29 is 9.90 Å². The van der Waals surface area contributed by atoms with Gasteiger partial charge in [-0.05, 0) is 18.1 Å². The number of aliphatic hydroxyl groups excluding tert-OH is 1. The number of aryl methyl sites for hydroxylation is 1. The van der Waals surface area contributed by atoms with Crippen molar-refractivity contribution in [3.63, 3.8) is 0 Å². The minimum absolute atomic E-state index is 0.0451. The fourth-order valence-electron chi connectivity index (χ4n) is 3.84. The minimum Gasteiger partial charge on any atom is -0.391 e. The SMILES string of the molecule is Cn1cc(-c2cccc(-c3ncc(-c4cnn(CC(=O)N5CCC(O)C5)c4)cn3)c2)cn1. The number of rotatable bonds is 5. The molecule has 0 saturated carbocycles. The Morgan fingerprint density at radius 2 is 1.75 bits per heavy atom. The number of hydrogen-bond acceptors (Lipinski definition) is 6. The molecule has 1 amide bonds. The van der Waals surface area contributed by atoms with Crippen molar-refractivity contribution in [2.45, 2.75) is 19.1 Å². The molecule has 1 N–H and O–H groups in total. The van der Waals surface area contributed by atoms with Crippen molar-refractivity contribution in [1.82, 2.24) is 34.4 Å². The smallest absolute Gasteiger partial charge is 0.244 e. The van der Waals surface area contributed by atoms with Gasteiger partial charge < -0.3 is 10.0 Å². The highest BCUT2D eigenvalue weighted by atomic mass is 16.3. The molecule has 5 rings (SSSR count). The quantitative estimate of drug-likeness (QED) is 0.521. The van der Waals surface area contributed by atoms with Crippen LogP contribution in [0.4, 0.5) is 0 Å². The number of carbonyl (C=O) groups excluding carboxylic acids is 1. The Labute approximate surface area is 185 Å². The van der Waals surface area contributed by atoms with Gasteiger partial charge in [0.25, 0.3) is 0 Å². The summed E-state index contributed by atoms with van der Waals surface area (Å²) in [4.78, 5) is 23.1. The van der Waals surface area contributed by atoms with E-state index >= 15 is 0 Å². The molecule has 0 radical (unpaired) electrons. The molecule has 162 valence electrons. The van der Waals surface area contributed by atoms with E-state index in [2.05, 4.69) is 20.2 Å². The highest BCUT2D eigenvalue weighted by molar-refractivity contribution is 5.76. The number of nitrogens with zero attached hydrogens (tertiary/aromatic N) is 7. The van der Waals surface area contributed by atoms with Crippen LogP contribution >= 0.6 is 0 Å². The molecule has 1 unspecified atom stereocenters. The second kappa shape index (κ2) is 8.35. The Hall–Kier alpha value is -3.85. The van der Waals surface area contributed by atoms with Crippen molar-refractivity contribution in [3.8, 4) is 33.6 Å². The number of aliphatic hydroxyl groups is 1. The monoisotopic (exact) mass is 429 g/mol. The molecule has 4 heterocycles. The van der Waals surface area contributed by atoms with E-state index in [0.29, 0.717) is 25.3 Å². The summed E-state index contributed by atoms with van der Waals surface area (Å²) in [5.41, 5.74) is 4.69. The van der Waals surface area contributed by atoms with Gasteiger partial charge in [0.05, 0.1) is 18.5 Å². The molecule has 0 bridgehead atoms. The summed E-state index contributed by atoms with van der Waals surface area (Å²) in [6.45, 7) is 1.13. The largest absolute Gasteiger partial charge is 0.391 e. The Bertz CT molecular complexity index is 1250. The topological polar surface area (TPSA) is 102 Å². The molecular formula is C23H23N7O2. The molecule has 1 aliphatic heterocycles. The molecule has 1 fully saturated rings. The lowest BCUT2D eigenvalue weighted by atomic mass is 10.1. The van der Waals surface area contributed by atoms with Crippen molar-refractivity contribution in [1.29, 1.82) is 0 Å². The average molecular weight is 429 g/mol. The van der Waals surface area contributed by atoms with Gasteiger partial charge >= 0.3 is 0 Å². The number of aromatic nitrogens is 6.